The summed E-state index contributed by atoms with van der Waals surface area (Å²) in [4.78, 5) is 3.54. The maximum Gasteiger partial charge on any atom is 0.0585 e. The van der Waals surface area contributed by atoms with Gasteiger partial charge in [0.15, 0.2) is 0 Å². The van der Waals surface area contributed by atoms with Crippen LogP contribution in [0.3, 0.4) is 0 Å². The molecular formula is C31H24N2. The Kier molecular flexibility index (Phi) is 3.92. The topological polar surface area (TPSA) is 20.7 Å². The Bertz CT molecular complexity index is 1740. The number of aromatic nitrogens is 2. The van der Waals surface area contributed by atoms with Gasteiger partial charge in [-0.15, -0.1) is 0 Å². The van der Waals surface area contributed by atoms with Gasteiger partial charge in [0.25, 0.3) is 0 Å². The summed E-state index contributed by atoms with van der Waals surface area (Å²) in [7, 11) is 0. The molecule has 7 rings (SSSR count). The van der Waals surface area contributed by atoms with Gasteiger partial charge in [0.05, 0.1) is 6.04 Å². The van der Waals surface area contributed by atoms with Crippen LogP contribution in [0.5, 0.6) is 0 Å². The third-order valence-electron chi connectivity index (χ3n) is 7.22. The molecule has 2 unspecified atom stereocenters. The lowest BCUT2D eigenvalue weighted by molar-refractivity contribution is 0.510. The quantitative estimate of drug-likeness (QED) is 0.288. The van der Waals surface area contributed by atoms with Crippen LogP contribution in [0.25, 0.3) is 54.7 Å². The molecule has 0 spiro atoms. The van der Waals surface area contributed by atoms with Crippen molar-refractivity contribution >= 4 is 43.6 Å². The summed E-state index contributed by atoms with van der Waals surface area (Å²) in [6.07, 6.45) is 8.97. The van der Waals surface area contributed by atoms with E-state index in [2.05, 4.69) is 126 Å². The number of para-hydroxylation sites is 2. The van der Waals surface area contributed by atoms with Gasteiger partial charge >= 0.3 is 0 Å². The SMILES string of the molecule is CC1C=CC=CC1n1c2ccccc2c2cc(-c3ccc4[nH]c5ccccc5c4c3)ccc21. The van der Waals surface area contributed by atoms with Gasteiger partial charge in [0.1, 0.15) is 0 Å². The van der Waals surface area contributed by atoms with Gasteiger partial charge < -0.3 is 9.55 Å². The van der Waals surface area contributed by atoms with Crippen LogP contribution in [0.4, 0.5) is 0 Å². The molecule has 1 N–H and O–H groups in total. The molecule has 2 nitrogen and oxygen atoms in total. The van der Waals surface area contributed by atoms with E-state index in [0.29, 0.717) is 12.0 Å². The highest BCUT2D eigenvalue weighted by molar-refractivity contribution is 6.11. The smallest absolute Gasteiger partial charge is 0.0585 e. The van der Waals surface area contributed by atoms with Crippen molar-refractivity contribution in [1.82, 2.24) is 9.55 Å². The molecule has 0 saturated carbocycles. The Labute approximate surface area is 192 Å². The number of aromatic amines is 1. The van der Waals surface area contributed by atoms with Crippen molar-refractivity contribution in [1.29, 1.82) is 0 Å². The summed E-state index contributed by atoms with van der Waals surface area (Å²) in [6, 6.07) is 31.4. The van der Waals surface area contributed by atoms with Crippen LogP contribution in [0, 0.1) is 5.92 Å². The average molecular weight is 425 g/mol. The molecule has 0 saturated heterocycles. The molecule has 0 fully saturated rings. The van der Waals surface area contributed by atoms with Gasteiger partial charge in [-0.2, -0.15) is 0 Å². The molecule has 158 valence electrons. The van der Waals surface area contributed by atoms with E-state index in [4.69, 9.17) is 0 Å². The Morgan fingerprint density at radius 1 is 0.606 bits per heavy atom. The molecule has 33 heavy (non-hydrogen) atoms. The van der Waals surface area contributed by atoms with Crippen LogP contribution in [-0.4, -0.2) is 9.55 Å². The lowest BCUT2D eigenvalue weighted by atomic mass is 9.96. The molecular weight excluding hydrogens is 400 g/mol. The van der Waals surface area contributed by atoms with Crippen LogP contribution in [-0.2, 0) is 0 Å². The molecule has 2 heteroatoms. The normalized spacial score (nSPS) is 18.2. The molecule has 1 aliphatic rings. The van der Waals surface area contributed by atoms with Gasteiger partial charge in [0.2, 0.25) is 0 Å². The lowest BCUT2D eigenvalue weighted by Gasteiger charge is -2.24. The number of allylic oxidation sites excluding steroid dienone is 4. The van der Waals surface area contributed by atoms with Crippen molar-refractivity contribution in [3.63, 3.8) is 0 Å². The van der Waals surface area contributed by atoms with E-state index >= 15 is 0 Å². The Morgan fingerprint density at radius 3 is 2.15 bits per heavy atom. The first kappa shape index (κ1) is 18.5. The van der Waals surface area contributed by atoms with Crippen LogP contribution in [0.15, 0.2) is 109 Å². The standard InChI is InChI=1S/C31H24N2/c1-20-8-2-6-12-29(20)33-30-13-7-4-10-24(30)26-19-22(15-17-31(26)33)21-14-16-28-25(18-21)23-9-3-5-11-27(23)32-28/h2-20,29,32H,1H3. The second-order valence-electron chi connectivity index (χ2n) is 9.17. The Morgan fingerprint density at radius 2 is 1.27 bits per heavy atom. The zero-order chi connectivity index (χ0) is 21.9. The molecule has 0 bridgehead atoms. The Balaban J connectivity index is 1.45. The first-order valence-corrected chi connectivity index (χ1v) is 11.7. The summed E-state index contributed by atoms with van der Waals surface area (Å²) >= 11 is 0. The minimum atomic E-state index is 0.325. The zero-order valence-electron chi connectivity index (χ0n) is 18.5. The first-order chi connectivity index (χ1) is 16.3. The van der Waals surface area contributed by atoms with Crippen molar-refractivity contribution in [3.05, 3.63) is 109 Å². The minimum absolute atomic E-state index is 0.325. The van der Waals surface area contributed by atoms with Crippen molar-refractivity contribution in [3.8, 4) is 11.1 Å². The van der Waals surface area contributed by atoms with Crippen molar-refractivity contribution < 1.29 is 0 Å². The van der Waals surface area contributed by atoms with Crippen molar-refractivity contribution in [2.45, 2.75) is 13.0 Å². The van der Waals surface area contributed by atoms with E-state index in [0.717, 1.165) is 0 Å². The largest absolute Gasteiger partial charge is 0.355 e. The van der Waals surface area contributed by atoms with E-state index in [1.54, 1.807) is 0 Å². The number of nitrogens with one attached hydrogen (secondary N) is 1. The number of fused-ring (bicyclic) bond motifs is 6. The number of nitrogens with zero attached hydrogens (tertiary/aromatic N) is 1. The molecule has 0 radical (unpaired) electrons. The average Bonchev–Trinajstić information content (AvgIpc) is 3.39. The van der Waals surface area contributed by atoms with E-state index < -0.39 is 0 Å². The minimum Gasteiger partial charge on any atom is -0.355 e. The number of benzene rings is 4. The molecule has 2 aromatic heterocycles. The molecule has 1 aliphatic carbocycles. The zero-order valence-corrected chi connectivity index (χ0v) is 18.5. The molecule has 4 aromatic carbocycles. The second kappa shape index (κ2) is 6.98. The van der Waals surface area contributed by atoms with Gasteiger partial charge in [-0.1, -0.05) is 79.8 Å². The second-order valence-corrected chi connectivity index (χ2v) is 9.17. The van der Waals surface area contributed by atoms with Gasteiger partial charge in [0, 0.05) is 43.6 Å². The lowest BCUT2D eigenvalue weighted by Crippen LogP contribution is -2.15. The number of H-pyrrole nitrogens is 1. The summed E-state index contributed by atoms with van der Waals surface area (Å²) in [6.45, 7) is 2.30. The maximum absolute atomic E-state index is 3.54. The van der Waals surface area contributed by atoms with Crippen LogP contribution >= 0.6 is 0 Å². The molecule has 0 aliphatic heterocycles. The number of hydrogen-bond acceptors (Lipinski definition) is 0. The fourth-order valence-electron chi connectivity index (χ4n) is 5.56. The van der Waals surface area contributed by atoms with Crippen LogP contribution < -0.4 is 0 Å². The summed E-state index contributed by atoms with van der Waals surface area (Å²) in [5, 5.41) is 5.19. The van der Waals surface area contributed by atoms with Crippen LogP contribution in [0.1, 0.15) is 13.0 Å². The first-order valence-electron chi connectivity index (χ1n) is 11.7. The van der Waals surface area contributed by atoms with Gasteiger partial charge in [-0.05, 0) is 53.4 Å². The molecule has 2 heterocycles. The van der Waals surface area contributed by atoms with E-state index in [9.17, 15) is 0 Å². The fraction of sp³-hybridized carbons (Fsp3) is 0.0968. The summed E-state index contributed by atoms with van der Waals surface area (Å²) in [5.41, 5.74) is 7.47. The van der Waals surface area contributed by atoms with Crippen molar-refractivity contribution in [2.75, 3.05) is 0 Å². The predicted molar refractivity (Wildman–Crippen MR) is 141 cm³/mol. The van der Waals surface area contributed by atoms with Crippen LogP contribution in [0.2, 0.25) is 0 Å². The molecule has 2 atom stereocenters. The van der Waals surface area contributed by atoms with Crippen molar-refractivity contribution in [2.24, 2.45) is 5.92 Å². The predicted octanol–water partition coefficient (Wildman–Crippen LogP) is 8.40. The summed E-state index contributed by atoms with van der Waals surface area (Å²) in [5.74, 6) is 0.456. The Hall–Kier alpha value is -4.04. The third kappa shape index (κ3) is 2.74. The highest BCUT2D eigenvalue weighted by atomic mass is 15.0. The maximum atomic E-state index is 3.54. The molecule has 6 aromatic rings. The van der Waals surface area contributed by atoms with E-state index in [-0.39, 0.29) is 0 Å². The fourth-order valence-corrected chi connectivity index (χ4v) is 5.56. The number of rotatable bonds is 2. The highest BCUT2D eigenvalue weighted by Gasteiger charge is 2.21. The van der Waals surface area contributed by atoms with Gasteiger partial charge in [-0.3, -0.25) is 0 Å². The summed E-state index contributed by atoms with van der Waals surface area (Å²) < 4.78 is 2.52. The van der Waals surface area contributed by atoms with Gasteiger partial charge in [-0.25, -0.2) is 0 Å². The number of hydrogen-bond donors (Lipinski definition) is 1. The molecule has 0 amide bonds. The van der Waals surface area contributed by atoms with E-state index in [1.165, 1.54) is 54.7 Å². The van der Waals surface area contributed by atoms with E-state index in [1.807, 2.05) is 0 Å². The third-order valence-corrected chi connectivity index (χ3v) is 7.22. The highest BCUT2D eigenvalue weighted by Crippen LogP contribution is 2.38. The monoisotopic (exact) mass is 424 g/mol.